The summed E-state index contributed by atoms with van der Waals surface area (Å²) in [6, 6.07) is 8.34. The van der Waals surface area contributed by atoms with Crippen LogP contribution in [0, 0.1) is 6.92 Å². The van der Waals surface area contributed by atoms with Gasteiger partial charge >= 0.3 is 0 Å². The molecular formula is C13H15NO. The first-order valence-corrected chi connectivity index (χ1v) is 5.20. The van der Waals surface area contributed by atoms with Gasteiger partial charge in [0.1, 0.15) is 0 Å². The molecule has 0 spiro atoms. The van der Waals surface area contributed by atoms with Crippen LogP contribution >= 0.6 is 0 Å². The normalized spacial score (nSPS) is 15.3. The van der Waals surface area contributed by atoms with Crippen molar-refractivity contribution in [2.24, 2.45) is 0 Å². The Morgan fingerprint density at radius 1 is 1.13 bits per heavy atom. The van der Waals surface area contributed by atoms with Gasteiger partial charge in [-0.25, -0.2) is 0 Å². The zero-order chi connectivity index (χ0) is 10.8. The molecule has 0 heterocycles. The lowest BCUT2D eigenvalue weighted by Gasteiger charge is -2.20. The molecule has 0 radical (unpaired) electrons. The Morgan fingerprint density at radius 2 is 1.80 bits per heavy atom. The minimum atomic E-state index is 0.240. The second kappa shape index (κ2) is 3.89. The molecule has 78 valence electrons. The fourth-order valence-electron chi connectivity index (χ4n) is 1.78. The van der Waals surface area contributed by atoms with Crippen molar-refractivity contribution in [1.82, 2.24) is 0 Å². The van der Waals surface area contributed by atoms with Crippen LogP contribution in [0.4, 0.5) is 5.69 Å². The number of ketones is 1. The maximum atomic E-state index is 11.1. The summed E-state index contributed by atoms with van der Waals surface area (Å²) in [7, 11) is 2.01. The number of hydrogen-bond donors (Lipinski definition) is 0. The summed E-state index contributed by atoms with van der Waals surface area (Å²) in [5.41, 5.74) is 3.51. The molecule has 0 amide bonds. The van der Waals surface area contributed by atoms with E-state index in [0.29, 0.717) is 6.42 Å². The third kappa shape index (κ3) is 2.09. The van der Waals surface area contributed by atoms with Gasteiger partial charge in [0.25, 0.3) is 0 Å². The predicted octanol–water partition coefficient (Wildman–Crippen LogP) is 2.68. The van der Waals surface area contributed by atoms with E-state index in [-0.39, 0.29) is 5.78 Å². The number of rotatable bonds is 2. The largest absolute Gasteiger partial charge is 0.348 e. The van der Waals surface area contributed by atoms with Crippen molar-refractivity contribution in [2.75, 3.05) is 11.9 Å². The summed E-state index contributed by atoms with van der Waals surface area (Å²) < 4.78 is 0. The third-order valence-electron chi connectivity index (χ3n) is 2.81. The third-order valence-corrected chi connectivity index (χ3v) is 2.81. The molecule has 0 N–H and O–H groups in total. The molecule has 1 aliphatic rings. The monoisotopic (exact) mass is 201 g/mol. The summed E-state index contributed by atoms with van der Waals surface area (Å²) >= 11 is 0. The van der Waals surface area contributed by atoms with Crippen LogP contribution in [0.25, 0.3) is 0 Å². The van der Waals surface area contributed by atoms with Gasteiger partial charge in [-0.3, -0.25) is 4.79 Å². The van der Waals surface area contributed by atoms with E-state index >= 15 is 0 Å². The Bertz CT molecular complexity index is 403. The van der Waals surface area contributed by atoms with E-state index in [1.165, 1.54) is 5.56 Å². The molecule has 0 aromatic heterocycles. The highest BCUT2D eigenvalue weighted by Crippen LogP contribution is 2.24. The molecule has 0 aliphatic heterocycles. The predicted molar refractivity (Wildman–Crippen MR) is 61.9 cm³/mol. The van der Waals surface area contributed by atoms with E-state index in [9.17, 15) is 4.79 Å². The Labute approximate surface area is 90.2 Å². The van der Waals surface area contributed by atoms with Crippen molar-refractivity contribution in [1.29, 1.82) is 0 Å². The van der Waals surface area contributed by atoms with Gasteiger partial charge in [-0.15, -0.1) is 0 Å². The van der Waals surface area contributed by atoms with Gasteiger partial charge < -0.3 is 4.90 Å². The maximum absolute atomic E-state index is 11.1. The first-order chi connectivity index (χ1) is 7.16. The van der Waals surface area contributed by atoms with Crippen molar-refractivity contribution in [3.8, 4) is 0 Å². The summed E-state index contributed by atoms with van der Waals surface area (Å²) in [6.45, 7) is 2.07. The molecule has 0 saturated carbocycles. The number of nitrogens with zero attached hydrogens (tertiary/aromatic N) is 1. The van der Waals surface area contributed by atoms with Crippen LogP contribution in [0.1, 0.15) is 18.4 Å². The average molecular weight is 201 g/mol. The Morgan fingerprint density at radius 3 is 2.33 bits per heavy atom. The zero-order valence-corrected chi connectivity index (χ0v) is 9.16. The number of hydrogen-bond acceptors (Lipinski definition) is 2. The van der Waals surface area contributed by atoms with Gasteiger partial charge in [0.2, 0.25) is 0 Å². The van der Waals surface area contributed by atoms with Crippen molar-refractivity contribution < 1.29 is 4.79 Å². The van der Waals surface area contributed by atoms with Crippen LogP contribution in [-0.4, -0.2) is 12.8 Å². The Balaban J connectivity index is 2.21. The molecule has 0 saturated heterocycles. The van der Waals surface area contributed by atoms with Crippen LogP contribution in [0.3, 0.4) is 0 Å². The first-order valence-electron chi connectivity index (χ1n) is 5.20. The summed E-state index contributed by atoms with van der Waals surface area (Å²) in [6.07, 6.45) is 3.27. The van der Waals surface area contributed by atoms with E-state index in [4.69, 9.17) is 0 Å². The number of benzene rings is 1. The minimum absolute atomic E-state index is 0.240. The van der Waals surface area contributed by atoms with Crippen LogP contribution in [0.5, 0.6) is 0 Å². The van der Waals surface area contributed by atoms with Gasteiger partial charge in [-0.1, -0.05) is 17.7 Å². The SMILES string of the molecule is Cc1ccc(N(C)C2=CC(=O)CC2)cc1. The van der Waals surface area contributed by atoms with Crippen LogP contribution < -0.4 is 4.90 Å². The Hall–Kier alpha value is -1.57. The lowest BCUT2D eigenvalue weighted by molar-refractivity contribution is -0.114. The van der Waals surface area contributed by atoms with Gasteiger partial charge in [0.05, 0.1) is 0 Å². The minimum Gasteiger partial charge on any atom is -0.348 e. The molecular weight excluding hydrogens is 186 g/mol. The molecule has 1 aromatic carbocycles. The van der Waals surface area contributed by atoms with Gasteiger partial charge in [-0.05, 0) is 25.5 Å². The zero-order valence-electron chi connectivity index (χ0n) is 9.16. The highest BCUT2D eigenvalue weighted by molar-refractivity contribution is 5.93. The summed E-state index contributed by atoms with van der Waals surface area (Å²) in [5, 5.41) is 0. The van der Waals surface area contributed by atoms with Crippen LogP contribution in [0.2, 0.25) is 0 Å². The van der Waals surface area contributed by atoms with Gasteiger partial charge in [0, 0.05) is 30.9 Å². The van der Waals surface area contributed by atoms with Gasteiger partial charge in [-0.2, -0.15) is 0 Å². The van der Waals surface area contributed by atoms with Gasteiger partial charge in [0.15, 0.2) is 5.78 Å². The van der Waals surface area contributed by atoms with Crippen LogP contribution in [-0.2, 0) is 4.79 Å². The maximum Gasteiger partial charge on any atom is 0.157 e. The molecule has 15 heavy (non-hydrogen) atoms. The molecule has 2 heteroatoms. The van der Waals surface area contributed by atoms with E-state index in [2.05, 4.69) is 36.1 Å². The fourth-order valence-corrected chi connectivity index (χ4v) is 1.78. The number of carbonyl (C=O) groups excluding carboxylic acids is 1. The smallest absolute Gasteiger partial charge is 0.157 e. The number of carbonyl (C=O) groups is 1. The van der Waals surface area contributed by atoms with E-state index in [1.807, 2.05) is 7.05 Å². The standard InChI is InChI=1S/C13H15NO/c1-10-3-5-11(6-4-10)14(2)12-7-8-13(15)9-12/h3-6,9H,7-8H2,1-2H3. The van der Waals surface area contributed by atoms with Crippen LogP contribution in [0.15, 0.2) is 36.0 Å². The summed E-state index contributed by atoms with van der Waals surface area (Å²) in [4.78, 5) is 13.2. The number of allylic oxidation sites excluding steroid dienone is 2. The molecule has 0 bridgehead atoms. The van der Waals surface area contributed by atoms with E-state index in [1.54, 1.807) is 6.08 Å². The van der Waals surface area contributed by atoms with E-state index in [0.717, 1.165) is 17.8 Å². The lowest BCUT2D eigenvalue weighted by Crippen LogP contribution is -2.14. The fraction of sp³-hybridized carbons (Fsp3) is 0.308. The topological polar surface area (TPSA) is 20.3 Å². The van der Waals surface area contributed by atoms with Crippen molar-refractivity contribution in [3.63, 3.8) is 0 Å². The highest BCUT2D eigenvalue weighted by Gasteiger charge is 2.15. The van der Waals surface area contributed by atoms with E-state index < -0.39 is 0 Å². The molecule has 0 atom stereocenters. The summed E-state index contributed by atoms with van der Waals surface area (Å²) in [5.74, 6) is 0.240. The number of anilines is 1. The highest BCUT2D eigenvalue weighted by atomic mass is 16.1. The molecule has 2 nitrogen and oxygen atoms in total. The molecule has 1 aliphatic carbocycles. The molecule has 1 aromatic rings. The van der Waals surface area contributed by atoms with Crippen molar-refractivity contribution in [2.45, 2.75) is 19.8 Å². The molecule has 2 rings (SSSR count). The van der Waals surface area contributed by atoms with Crippen molar-refractivity contribution >= 4 is 11.5 Å². The second-order valence-corrected chi connectivity index (χ2v) is 4.00. The lowest BCUT2D eigenvalue weighted by atomic mass is 10.2. The van der Waals surface area contributed by atoms with Crippen molar-refractivity contribution in [3.05, 3.63) is 41.6 Å². The first kappa shape index (κ1) is 9.97. The average Bonchev–Trinajstić information content (AvgIpc) is 2.65. The molecule has 0 unspecified atom stereocenters. The second-order valence-electron chi connectivity index (χ2n) is 4.00. The Kier molecular flexibility index (Phi) is 2.58. The molecule has 0 fully saturated rings. The quantitative estimate of drug-likeness (QED) is 0.733. The number of aryl methyl sites for hydroxylation is 1.